The molecular formula is C13H15BrO3S. The highest BCUT2D eigenvalue weighted by molar-refractivity contribution is 9.10. The Balaban J connectivity index is 2.14. The van der Waals surface area contributed by atoms with E-state index < -0.39 is 9.84 Å². The van der Waals surface area contributed by atoms with E-state index in [9.17, 15) is 13.2 Å². The molecule has 0 atom stereocenters. The lowest BCUT2D eigenvalue weighted by atomic mass is 10.0. The first kappa shape index (κ1) is 13.7. The normalized spacial score (nSPS) is 16.9. The van der Waals surface area contributed by atoms with Crippen LogP contribution in [0.3, 0.4) is 0 Å². The van der Waals surface area contributed by atoms with Gasteiger partial charge in [-0.25, -0.2) is 8.42 Å². The quantitative estimate of drug-likeness (QED) is 0.852. The molecule has 0 radical (unpaired) electrons. The molecule has 3 nitrogen and oxygen atoms in total. The molecule has 1 saturated carbocycles. The number of carbonyl (C=O) groups excluding carboxylic acids is 1. The molecule has 0 aliphatic heterocycles. The van der Waals surface area contributed by atoms with Gasteiger partial charge in [0.15, 0.2) is 15.6 Å². The number of Topliss-reactive ketones (excluding diaryl/α,β-unsaturated/α-hetero) is 1. The van der Waals surface area contributed by atoms with E-state index in [4.69, 9.17) is 0 Å². The Labute approximate surface area is 116 Å². The minimum Gasteiger partial charge on any atom is -0.298 e. The first-order valence-electron chi connectivity index (χ1n) is 6.00. The molecule has 2 rings (SSSR count). The molecule has 1 aliphatic rings. The highest BCUT2D eigenvalue weighted by Crippen LogP contribution is 2.27. The lowest BCUT2D eigenvalue weighted by Crippen LogP contribution is -2.22. The Bertz CT molecular complexity index is 545. The van der Waals surface area contributed by atoms with Crippen LogP contribution in [0.1, 0.15) is 25.7 Å². The predicted molar refractivity (Wildman–Crippen MR) is 73.2 cm³/mol. The first-order chi connectivity index (χ1) is 8.49. The van der Waals surface area contributed by atoms with Crippen LogP contribution < -0.4 is 0 Å². The van der Waals surface area contributed by atoms with Crippen molar-refractivity contribution in [3.8, 4) is 0 Å². The maximum absolute atomic E-state index is 12.1. The SMILES string of the molecule is O=C(CS(=O)(=O)c1cccc(Br)c1)C1CCCC1. The van der Waals surface area contributed by atoms with Crippen molar-refractivity contribution in [3.63, 3.8) is 0 Å². The summed E-state index contributed by atoms with van der Waals surface area (Å²) >= 11 is 3.24. The second-order valence-corrected chi connectivity index (χ2v) is 7.57. The second-order valence-electron chi connectivity index (χ2n) is 4.66. The van der Waals surface area contributed by atoms with Gasteiger partial charge in [0.1, 0.15) is 5.75 Å². The Morgan fingerprint density at radius 1 is 1.28 bits per heavy atom. The van der Waals surface area contributed by atoms with Gasteiger partial charge in [-0.3, -0.25) is 4.79 Å². The fraction of sp³-hybridized carbons (Fsp3) is 0.462. The number of sulfone groups is 1. The van der Waals surface area contributed by atoms with Gasteiger partial charge in [0.2, 0.25) is 0 Å². The topological polar surface area (TPSA) is 51.2 Å². The molecule has 1 aromatic carbocycles. The van der Waals surface area contributed by atoms with E-state index in [0.717, 1.165) is 25.7 Å². The lowest BCUT2D eigenvalue weighted by Gasteiger charge is -2.08. The molecule has 0 saturated heterocycles. The van der Waals surface area contributed by atoms with E-state index in [-0.39, 0.29) is 22.3 Å². The summed E-state index contributed by atoms with van der Waals surface area (Å²) in [6.07, 6.45) is 3.75. The minimum atomic E-state index is -3.50. The molecule has 0 amide bonds. The number of rotatable bonds is 4. The zero-order valence-electron chi connectivity index (χ0n) is 9.93. The number of halogens is 1. The summed E-state index contributed by atoms with van der Waals surface area (Å²) in [6.45, 7) is 0. The van der Waals surface area contributed by atoms with Gasteiger partial charge in [-0.15, -0.1) is 0 Å². The largest absolute Gasteiger partial charge is 0.298 e. The van der Waals surface area contributed by atoms with Gasteiger partial charge in [0, 0.05) is 10.4 Å². The van der Waals surface area contributed by atoms with Crippen LogP contribution in [-0.4, -0.2) is 20.0 Å². The maximum atomic E-state index is 12.1. The van der Waals surface area contributed by atoms with Crippen LogP contribution in [0.2, 0.25) is 0 Å². The number of ketones is 1. The summed E-state index contributed by atoms with van der Waals surface area (Å²) < 4.78 is 24.9. The van der Waals surface area contributed by atoms with Gasteiger partial charge >= 0.3 is 0 Å². The van der Waals surface area contributed by atoms with Crippen LogP contribution in [0.25, 0.3) is 0 Å². The van der Waals surface area contributed by atoms with Crippen molar-refractivity contribution in [3.05, 3.63) is 28.7 Å². The smallest absolute Gasteiger partial charge is 0.185 e. The maximum Gasteiger partial charge on any atom is 0.185 e. The van der Waals surface area contributed by atoms with Gasteiger partial charge in [-0.05, 0) is 31.0 Å². The molecule has 18 heavy (non-hydrogen) atoms. The van der Waals surface area contributed by atoms with Crippen molar-refractivity contribution < 1.29 is 13.2 Å². The van der Waals surface area contributed by atoms with Crippen LogP contribution in [-0.2, 0) is 14.6 Å². The molecule has 1 fully saturated rings. The third kappa shape index (κ3) is 3.20. The zero-order chi connectivity index (χ0) is 13.2. The number of hydrogen-bond acceptors (Lipinski definition) is 3. The molecule has 0 unspecified atom stereocenters. The fourth-order valence-corrected chi connectivity index (χ4v) is 4.22. The summed E-state index contributed by atoms with van der Waals surface area (Å²) in [4.78, 5) is 12.1. The second kappa shape index (κ2) is 5.53. The first-order valence-corrected chi connectivity index (χ1v) is 8.44. The average molecular weight is 331 g/mol. The molecule has 1 aliphatic carbocycles. The van der Waals surface area contributed by atoms with Crippen LogP contribution in [0.4, 0.5) is 0 Å². The summed E-state index contributed by atoms with van der Waals surface area (Å²) in [6, 6.07) is 6.49. The summed E-state index contributed by atoms with van der Waals surface area (Å²) in [5.41, 5.74) is 0. The van der Waals surface area contributed by atoms with E-state index in [2.05, 4.69) is 15.9 Å². The van der Waals surface area contributed by atoms with E-state index in [1.807, 2.05) is 0 Å². The third-order valence-corrected chi connectivity index (χ3v) is 5.43. The van der Waals surface area contributed by atoms with Crippen LogP contribution in [0.5, 0.6) is 0 Å². The highest BCUT2D eigenvalue weighted by atomic mass is 79.9. The molecule has 98 valence electrons. The third-order valence-electron chi connectivity index (χ3n) is 3.30. The lowest BCUT2D eigenvalue weighted by molar-refractivity contribution is -0.120. The number of hydrogen-bond donors (Lipinski definition) is 0. The van der Waals surface area contributed by atoms with Gasteiger partial charge in [-0.2, -0.15) is 0 Å². The number of benzene rings is 1. The summed E-state index contributed by atoms with van der Waals surface area (Å²) in [7, 11) is -3.50. The fourth-order valence-electron chi connectivity index (χ4n) is 2.30. The van der Waals surface area contributed by atoms with Gasteiger partial charge < -0.3 is 0 Å². The Morgan fingerprint density at radius 2 is 1.94 bits per heavy atom. The molecule has 5 heteroatoms. The predicted octanol–water partition coefficient (Wildman–Crippen LogP) is 2.98. The number of carbonyl (C=O) groups is 1. The van der Waals surface area contributed by atoms with Crippen molar-refractivity contribution in [2.45, 2.75) is 30.6 Å². The van der Waals surface area contributed by atoms with Crippen LogP contribution in [0.15, 0.2) is 33.6 Å². The van der Waals surface area contributed by atoms with Crippen LogP contribution >= 0.6 is 15.9 Å². The Kier molecular flexibility index (Phi) is 4.22. The van der Waals surface area contributed by atoms with E-state index in [1.165, 1.54) is 12.1 Å². The van der Waals surface area contributed by atoms with Gasteiger partial charge in [0.05, 0.1) is 4.90 Å². The van der Waals surface area contributed by atoms with Crippen molar-refractivity contribution in [1.82, 2.24) is 0 Å². The summed E-state index contributed by atoms with van der Waals surface area (Å²) in [5, 5.41) is 0. The molecule has 0 N–H and O–H groups in total. The van der Waals surface area contributed by atoms with Crippen molar-refractivity contribution >= 4 is 31.6 Å². The standard InChI is InChI=1S/C13H15BrO3S/c14-11-6-3-7-12(8-11)18(16,17)9-13(15)10-4-1-2-5-10/h3,6-8,10H,1-2,4-5,9H2. The minimum absolute atomic E-state index is 0.0491. The van der Waals surface area contributed by atoms with Gasteiger partial charge in [0.25, 0.3) is 0 Å². The summed E-state index contributed by atoms with van der Waals surface area (Å²) in [5.74, 6) is -0.548. The molecule has 1 aromatic rings. The van der Waals surface area contributed by atoms with Crippen molar-refractivity contribution in [1.29, 1.82) is 0 Å². The average Bonchev–Trinajstić information content (AvgIpc) is 2.82. The van der Waals surface area contributed by atoms with E-state index >= 15 is 0 Å². The monoisotopic (exact) mass is 330 g/mol. The van der Waals surface area contributed by atoms with E-state index in [0.29, 0.717) is 4.47 Å². The highest BCUT2D eigenvalue weighted by Gasteiger charge is 2.27. The van der Waals surface area contributed by atoms with Gasteiger partial charge in [-0.1, -0.05) is 34.8 Å². The van der Waals surface area contributed by atoms with Crippen molar-refractivity contribution in [2.75, 3.05) is 5.75 Å². The zero-order valence-corrected chi connectivity index (χ0v) is 12.3. The van der Waals surface area contributed by atoms with E-state index in [1.54, 1.807) is 12.1 Å². The Hall–Kier alpha value is -0.680. The molecule has 0 bridgehead atoms. The molecule has 0 aromatic heterocycles. The molecular weight excluding hydrogens is 316 g/mol. The molecule has 0 heterocycles. The van der Waals surface area contributed by atoms with Crippen LogP contribution in [0, 0.1) is 5.92 Å². The Morgan fingerprint density at radius 3 is 2.56 bits per heavy atom. The molecule has 0 spiro atoms. The van der Waals surface area contributed by atoms with Crippen molar-refractivity contribution in [2.24, 2.45) is 5.92 Å².